The molecule has 1 aliphatic heterocycles. The van der Waals surface area contributed by atoms with Gasteiger partial charge in [0.2, 0.25) is 0 Å². The fourth-order valence-electron chi connectivity index (χ4n) is 2.03. The van der Waals surface area contributed by atoms with E-state index in [9.17, 15) is 17.2 Å². The summed E-state index contributed by atoms with van der Waals surface area (Å²) in [5.74, 6) is -1.65. The predicted molar refractivity (Wildman–Crippen MR) is 72.3 cm³/mol. The molecule has 1 aromatic carbocycles. The summed E-state index contributed by atoms with van der Waals surface area (Å²) in [5.41, 5.74) is 0.100. The SMILES string of the molecule is N=C1CCN(c2cc(F)c(NS(N)(=O)=O)cc2F)CC1. The number of nitrogens with zero attached hydrogens (tertiary/aromatic N) is 1. The third-order valence-electron chi connectivity index (χ3n) is 3.00. The Hall–Kier alpha value is -1.74. The zero-order valence-electron chi connectivity index (χ0n) is 10.5. The first-order valence-corrected chi connectivity index (χ1v) is 7.42. The number of piperidine rings is 1. The van der Waals surface area contributed by atoms with Crippen LogP contribution in [-0.2, 0) is 10.2 Å². The third kappa shape index (κ3) is 3.42. The lowest BCUT2D eigenvalue weighted by Crippen LogP contribution is -2.34. The number of nitrogens with one attached hydrogen (secondary N) is 2. The van der Waals surface area contributed by atoms with Crippen molar-refractivity contribution in [2.45, 2.75) is 12.8 Å². The minimum atomic E-state index is -4.16. The Morgan fingerprint density at radius 2 is 1.80 bits per heavy atom. The van der Waals surface area contributed by atoms with Gasteiger partial charge in [-0.05, 0) is 0 Å². The zero-order chi connectivity index (χ0) is 14.9. The quantitative estimate of drug-likeness (QED) is 0.782. The second kappa shape index (κ2) is 5.33. The number of nitrogens with two attached hydrogens (primary N) is 1. The largest absolute Gasteiger partial charge is 0.368 e. The second-order valence-corrected chi connectivity index (χ2v) is 5.82. The van der Waals surface area contributed by atoms with E-state index in [1.54, 1.807) is 9.62 Å². The van der Waals surface area contributed by atoms with Crippen LogP contribution in [-0.4, -0.2) is 27.2 Å². The lowest BCUT2D eigenvalue weighted by molar-refractivity contribution is 0.590. The van der Waals surface area contributed by atoms with Gasteiger partial charge in [-0.15, -0.1) is 0 Å². The average Bonchev–Trinajstić information content (AvgIpc) is 2.33. The van der Waals surface area contributed by atoms with E-state index in [4.69, 9.17) is 10.5 Å². The minimum absolute atomic E-state index is 0.0509. The molecule has 0 radical (unpaired) electrons. The molecule has 4 N–H and O–H groups in total. The van der Waals surface area contributed by atoms with Gasteiger partial charge in [0.05, 0.1) is 11.4 Å². The van der Waals surface area contributed by atoms with E-state index in [1.165, 1.54) is 0 Å². The van der Waals surface area contributed by atoms with Crippen LogP contribution < -0.4 is 14.8 Å². The van der Waals surface area contributed by atoms with Crippen molar-refractivity contribution in [1.29, 1.82) is 5.41 Å². The Kier molecular flexibility index (Phi) is 3.91. The van der Waals surface area contributed by atoms with Crippen LogP contribution in [0.5, 0.6) is 0 Å². The average molecular weight is 304 g/mol. The zero-order valence-corrected chi connectivity index (χ0v) is 11.3. The molecule has 0 amide bonds. The Morgan fingerprint density at radius 1 is 1.20 bits per heavy atom. The molecule has 1 saturated heterocycles. The van der Waals surface area contributed by atoms with E-state index < -0.39 is 27.5 Å². The molecule has 20 heavy (non-hydrogen) atoms. The fourth-order valence-corrected chi connectivity index (χ4v) is 2.49. The van der Waals surface area contributed by atoms with Gasteiger partial charge in [-0.25, -0.2) is 13.9 Å². The molecule has 9 heteroatoms. The first-order chi connectivity index (χ1) is 9.26. The highest BCUT2D eigenvalue weighted by Gasteiger charge is 2.20. The molecule has 1 aromatic rings. The van der Waals surface area contributed by atoms with Gasteiger partial charge in [0.25, 0.3) is 10.2 Å². The molecular weight excluding hydrogens is 290 g/mol. The van der Waals surface area contributed by atoms with Gasteiger partial charge < -0.3 is 10.3 Å². The van der Waals surface area contributed by atoms with Gasteiger partial charge in [-0.2, -0.15) is 8.42 Å². The summed E-state index contributed by atoms with van der Waals surface area (Å²) in [4.78, 5) is 1.62. The van der Waals surface area contributed by atoms with Crippen molar-refractivity contribution in [3.8, 4) is 0 Å². The number of rotatable bonds is 3. The molecular formula is C11H14F2N4O2S. The number of benzene rings is 1. The summed E-state index contributed by atoms with van der Waals surface area (Å²) in [6.45, 7) is 0.855. The lowest BCUT2D eigenvalue weighted by atomic mass is 10.1. The summed E-state index contributed by atoms with van der Waals surface area (Å²) in [6, 6.07) is 1.69. The third-order valence-corrected chi connectivity index (χ3v) is 3.50. The maximum absolute atomic E-state index is 13.9. The minimum Gasteiger partial charge on any atom is -0.368 e. The molecule has 0 spiro atoms. The number of anilines is 2. The van der Waals surface area contributed by atoms with Crippen LogP contribution in [0.15, 0.2) is 12.1 Å². The summed E-state index contributed by atoms with van der Waals surface area (Å²) < 4.78 is 51.1. The smallest absolute Gasteiger partial charge is 0.296 e. The molecule has 0 unspecified atom stereocenters. The Labute approximate surface area is 115 Å². The number of halogens is 2. The Morgan fingerprint density at radius 3 is 2.35 bits per heavy atom. The molecule has 1 aliphatic rings. The van der Waals surface area contributed by atoms with Gasteiger partial charge in [-0.1, -0.05) is 0 Å². The molecule has 0 atom stereocenters. The van der Waals surface area contributed by atoms with Gasteiger partial charge in [0.15, 0.2) is 0 Å². The van der Waals surface area contributed by atoms with E-state index in [-0.39, 0.29) is 5.69 Å². The molecule has 1 fully saturated rings. The second-order valence-electron chi connectivity index (χ2n) is 4.52. The van der Waals surface area contributed by atoms with Crippen LogP contribution in [0.2, 0.25) is 0 Å². The highest BCUT2D eigenvalue weighted by molar-refractivity contribution is 7.90. The van der Waals surface area contributed by atoms with E-state index in [1.807, 2.05) is 0 Å². The standard InChI is InChI=1S/C11H14F2N4O2S/c12-8-6-11(17-3-1-7(14)2-4-17)9(13)5-10(8)16-20(15,18)19/h5-6,14,16H,1-4H2,(H2,15,18,19). The van der Waals surface area contributed by atoms with Crippen molar-refractivity contribution in [2.24, 2.45) is 5.14 Å². The maximum atomic E-state index is 13.9. The first kappa shape index (κ1) is 14.7. The van der Waals surface area contributed by atoms with E-state index in [0.29, 0.717) is 31.6 Å². The van der Waals surface area contributed by atoms with Crippen LogP contribution in [0.4, 0.5) is 20.2 Å². The van der Waals surface area contributed by atoms with Crippen molar-refractivity contribution in [2.75, 3.05) is 22.7 Å². The lowest BCUT2D eigenvalue weighted by Gasteiger charge is -2.29. The Bertz CT molecular complexity index is 638. The van der Waals surface area contributed by atoms with Crippen LogP contribution in [0.25, 0.3) is 0 Å². The first-order valence-electron chi connectivity index (χ1n) is 5.87. The molecule has 6 nitrogen and oxygen atoms in total. The highest BCUT2D eigenvalue weighted by atomic mass is 32.2. The van der Waals surface area contributed by atoms with Crippen molar-refractivity contribution in [1.82, 2.24) is 0 Å². The summed E-state index contributed by atoms with van der Waals surface area (Å²) in [7, 11) is -4.16. The molecule has 0 bridgehead atoms. The van der Waals surface area contributed by atoms with Crippen molar-refractivity contribution < 1.29 is 17.2 Å². The van der Waals surface area contributed by atoms with E-state index >= 15 is 0 Å². The number of hydrogen-bond acceptors (Lipinski definition) is 4. The molecule has 0 saturated carbocycles. The van der Waals surface area contributed by atoms with E-state index in [2.05, 4.69) is 0 Å². The maximum Gasteiger partial charge on any atom is 0.296 e. The highest BCUT2D eigenvalue weighted by Crippen LogP contribution is 2.28. The topological polar surface area (TPSA) is 99.3 Å². The summed E-state index contributed by atoms with van der Waals surface area (Å²) in [5, 5.41) is 12.2. The summed E-state index contributed by atoms with van der Waals surface area (Å²) >= 11 is 0. The fraction of sp³-hybridized carbons (Fsp3) is 0.364. The normalized spacial score (nSPS) is 16.4. The van der Waals surface area contributed by atoms with Crippen LogP contribution >= 0.6 is 0 Å². The van der Waals surface area contributed by atoms with Gasteiger partial charge in [-0.3, -0.25) is 4.72 Å². The van der Waals surface area contributed by atoms with Crippen molar-refractivity contribution in [3.63, 3.8) is 0 Å². The Balaban J connectivity index is 2.28. The molecule has 2 rings (SSSR count). The molecule has 1 heterocycles. The molecule has 0 aliphatic carbocycles. The van der Waals surface area contributed by atoms with E-state index in [0.717, 1.165) is 12.1 Å². The van der Waals surface area contributed by atoms with Gasteiger partial charge in [0, 0.05) is 43.8 Å². The van der Waals surface area contributed by atoms with Crippen LogP contribution in [0, 0.1) is 17.0 Å². The van der Waals surface area contributed by atoms with Crippen molar-refractivity contribution in [3.05, 3.63) is 23.8 Å². The molecule has 0 aromatic heterocycles. The van der Waals surface area contributed by atoms with Gasteiger partial charge in [0.1, 0.15) is 11.6 Å². The number of hydrogen-bond donors (Lipinski definition) is 3. The monoisotopic (exact) mass is 304 g/mol. The van der Waals surface area contributed by atoms with Crippen molar-refractivity contribution >= 4 is 27.3 Å². The van der Waals surface area contributed by atoms with Crippen LogP contribution in [0.3, 0.4) is 0 Å². The predicted octanol–water partition coefficient (Wildman–Crippen LogP) is 1.20. The summed E-state index contributed by atoms with van der Waals surface area (Å²) in [6.07, 6.45) is 0.997. The van der Waals surface area contributed by atoms with Gasteiger partial charge >= 0.3 is 0 Å². The molecule has 110 valence electrons. The van der Waals surface area contributed by atoms with Crippen LogP contribution in [0.1, 0.15) is 12.8 Å².